The minimum Gasteiger partial charge on any atom is -0.478 e. The van der Waals surface area contributed by atoms with Gasteiger partial charge in [0.1, 0.15) is 17.3 Å². The Morgan fingerprint density at radius 3 is 2.48 bits per heavy atom. The molecule has 3 aromatic rings. The van der Waals surface area contributed by atoms with Crippen LogP contribution in [0.25, 0.3) is 16.8 Å². The van der Waals surface area contributed by atoms with Gasteiger partial charge in [0.2, 0.25) is 5.88 Å². The van der Waals surface area contributed by atoms with Crippen molar-refractivity contribution in [2.24, 2.45) is 0 Å². The molecule has 15 heteroatoms. The average molecular weight is 577 g/mol. The van der Waals surface area contributed by atoms with Gasteiger partial charge in [0.25, 0.3) is 0 Å². The van der Waals surface area contributed by atoms with Gasteiger partial charge >= 0.3 is 18.2 Å². The van der Waals surface area contributed by atoms with Gasteiger partial charge in [-0.15, -0.1) is 0 Å². The maximum Gasteiger partial charge on any atom is 0.408 e. The van der Waals surface area contributed by atoms with Crippen LogP contribution in [0.1, 0.15) is 17.7 Å². The molecule has 2 amide bonds. The van der Waals surface area contributed by atoms with E-state index in [4.69, 9.17) is 20.9 Å². The number of benzene rings is 1. The third-order valence-corrected chi connectivity index (χ3v) is 7.05. The fourth-order valence-corrected chi connectivity index (χ4v) is 5.20. The van der Waals surface area contributed by atoms with Crippen LogP contribution < -0.4 is 4.74 Å². The predicted molar refractivity (Wildman–Crippen MR) is 132 cm³/mol. The fourth-order valence-electron chi connectivity index (χ4n) is 4.95. The summed E-state index contributed by atoms with van der Waals surface area (Å²) in [4.78, 5) is 41.8. The molecular formula is C25H19ClF2N4O8. The van der Waals surface area contributed by atoms with Crippen LogP contribution >= 0.6 is 11.6 Å². The first-order chi connectivity index (χ1) is 19.0. The molecule has 3 N–H and O–H groups in total. The van der Waals surface area contributed by atoms with E-state index in [9.17, 15) is 38.5 Å². The average Bonchev–Trinajstić information content (AvgIpc) is 3.37. The summed E-state index contributed by atoms with van der Waals surface area (Å²) in [5.41, 5.74) is 0.241. The van der Waals surface area contributed by atoms with E-state index in [-0.39, 0.29) is 54.6 Å². The molecule has 0 unspecified atom stereocenters. The molecule has 0 radical (unpaired) electrons. The Kier molecular flexibility index (Phi) is 7.02. The lowest BCUT2D eigenvalue weighted by molar-refractivity contribution is -0.133. The zero-order valence-corrected chi connectivity index (χ0v) is 21.0. The molecule has 40 heavy (non-hydrogen) atoms. The van der Waals surface area contributed by atoms with Crippen molar-refractivity contribution in [3.8, 4) is 17.1 Å². The number of nitrogens with zero attached hydrogens (tertiary/aromatic N) is 4. The molecule has 0 spiro atoms. The first-order valence-corrected chi connectivity index (χ1v) is 12.1. The van der Waals surface area contributed by atoms with Gasteiger partial charge in [-0.25, -0.2) is 28.1 Å². The standard InChI is InChI=1S/C25H19ClF2N4O8/c26-22-16(28)3-2-15(27)21(22)17-6-13(40-30-17)10-39-19-4-1-11(7-29-19)14-5-12-8-31(24(35)36)9-18(20(14)23(33)34)32(12)25(37)38/h1-4,6-7,12,18H,5,8-10H2,(H,33,34)(H,35,36)(H,37,38)/t12-,18-/m1/s1. The van der Waals surface area contributed by atoms with Crippen LogP contribution in [0.5, 0.6) is 5.88 Å². The van der Waals surface area contributed by atoms with Crippen molar-refractivity contribution in [1.29, 1.82) is 0 Å². The number of piperazine rings is 1. The summed E-state index contributed by atoms with van der Waals surface area (Å²) >= 11 is 5.86. The van der Waals surface area contributed by atoms with E-state index < -0.39 is 46.9 Å². The molecule has 2 aromatic heterocycles. The van der Waals surface area contributed by atoms with E-state index in [1.54, 1.807) is 6.07 Å². The molecule has 0 aliphatic carbocycles. The van der Waals surface area contributed by atoms with Gasteiger partial charge in [0.15, 0.2) is 12.4 Å². The van der Waals surface area contributed by atoms with Crippen molar-refractivity contribution in [3.05, 3.63) is 70.1 Å². The molecule has 2 atom stereocenters. The van der Waals surface area contributed by atoms with Gasteiger partial charge in [-0.05, 0) is 35.8 Å². The highest BCUT2D eigenvalue weighted by molar-refractivity contribution is 6.33. The van der Waals surface area contributed by atoms with Crippen LogP contribution in [0.15, 0.2) is 46.6 Å². The molecule has 1 fully saturated rings. The van der Waals surface area contributed by atoms with E-state index in [0.29, 0.717) is 11.1 Å². The quantitative estimate of drug-likeness (QED) is 0.362. The summed E-state index contributed by atoms with van der Waals surface area (Å²) < 4.78 is 38.6. The topological polar surface area (TPSA) is 167 Å². The van der Waals surface area contributed by atoms with Crippen molar-refractivity contribution in [2.75, 3.05) is 13.1 Å². The molecule has 12 nitrogen and oxygen atoms in total. The largest absolute Gasteiger partial charge is 0.478 e. The number of ether oxygens (including phenoxy) is 1. The van der Waals surface area contributed by atoms with Gasteiger partial charge in [-0.1, -0.05) is 16.8 Å². The van der Waals surface area contributed by atoms with Crippen molar-refractivity contribution < 1.29 is 47.7 Å². The highest BCUT2D eigenvalue weighted by Crippen LogP contribution is 2.39. The lowest BCUT2D eigenvalue weighted by Crippen LogP contribution is -2.64. The number of carboxylic acids is 1. The third-order valence-electron chi connectivity index (χ3n) is 6.68. The number of halogens is 3. The Bertz CT molecular complexity index is 1540. The number of pyridine rings is 1. The molecule has 2 aliphatic rings. The van der Waals surface area contributed by atoms with Crippen LogP contribution in [0.3, 0.4) is 0 Å². The molecule has 208 valence electrons. The van der Waals surface area contributed by atoms with Crippen LogP contribution in [0, 0.1) is 11.6 Å². The summed E-state index contributed by atoms with van der Waals surface area (Å²) in [7, 11) is 0. The molecule has 1 aromatic carbocycles. The first-order valence-electron chi connectivity index (χ1n) is 11.7. The summed E-state index contributed by atoms with van der Waals surface area (Å²) in [6.45, 7) is -0.603. The number of hydrogen-bond acceptors (Lipinski definition) is 7. The second kappa shape index (κ2) is 10.4. The summed E-state index contributed by atoms with van der Waals surface area (Å²) in [5.74, 6) is -2.69. The van der Waals surface area contributed by atoms with Crippen molar-refractivity contribution in [3.63, 3.8) is 0 Å². The Morgan fingerprint density at radius 2 is 1.82 bits per heavy atom. The SMILES string of the molecule is O=C(O)C1=C(c2ccc(OCc3cc(-c4c(F)ccc(F)c4Cl)no3)nc2)C[C@@H]2CN(C(=O)O)C[C@H]1N2C(=O)O. The number of aromatic nitrogens is 2. The zero-order valence-electron chi connectivity index (χ0n) is 20.3. The third kappa shape index (κ3) is 4.88. The van der Waals surface area contributed by atoms with E-state index in [2.05, 4.69) is 10.1 Å². The summed E-state index contributed by atoms with van der Waals surface area (Å²) in [6, 6.07) is 4.18. The van der Waals surface area contributed by atoms with Crippen molar-refractivity contribution in [1.82, 2.24) is 19.9 Å². The van der Waals surface area contributed by atoms with Gasteiger partial charge in [0.05, 0.1) is 28.2 Å². The summed E-state index contributed by atoms with van der Waals surface area (Å²) in [6.07, 6.45) is -1.27. The van der Waals surface area contributed by atoms with E-state index >= 15 is 0 Å². The fraction of sp³-hybridized carbons (Fsp3) is 0.240. The zero-order chi connectivity index (χ0) is 28.7. The number of carbonyl (C=O) groups is 3. The van der Waals surface area contributed by atoms with Crippen molar-refractivity contribution in [2.45, 2.75) is 25.1 Å². The van der Waals surface area contributed by atoms with Crippen molar-refractivity contribution >= 4 is 35.3 Å². The maximum atomic E-state index is 14.2. The van der Waals surface area contributed by atoms with Crippen LogP contribution in [-0.2, 0) is 11.4 Å². The number of aliphatic carboxylic acids is 1. The van der Waals surface area contributed by atoms with E-state index in [0.717, 1.165) is 21.9 Å². The normalized spacial score (nSPS) is 18.6. The van der Waals surface area contributed by atoms with Gasteiger partial charge < -0.3 is 29.5 Å². The lowest BCUT2D eigenvalue weighted by atomic mass is 9.82. The van der Waals surface area contributed by atoms with Crippen LogP contribution in [0.2, 0.25) is 5.02 Å². The molecule has 4 heterocycles. The van der Waals surface area contributed by atoms with Gasteiger partial charge in [-0.3, -0.25) is 4.90 Å². The Morgan fingerprint density at radius 1 is 1.07 bits per heavy atom. The second-order valence-electron chi connectivity index (χ2n) is 9.02. The molecular weight excluding hydrogens is 558 g/mol. The minimum absolute atomic E-state index is 0.0308. The number of rotatable bonds is 6. The predicted octanol–water partition coefficient (Wildman–Crippen LogP) is 4.20. The lowest BCUT2D eigenvalue weighted by Gasteiger charge is -2.48. The van der Waals surface area contributed by atoms with Crippen LogP contribution in [-0.4, -0.2) is 78.6 Å². The van der Waals surface area contributed by atoms with Crippen LogP contribution in [0.4, 0.5) is 18.4 Å². The monoisotopic (exact) mass is 576 g/mol. The summed E-state index contributed by atoms with van der Waals surface area (Å²) in [5, 5.41) is 32.3. The molecule has 2 bridgehead atoms. The molecule has 0 saturated carbocycles. The molecule has 2 aliphatic heterocycles. The number of fused-ring (bicyclic) bond motifs is 2. The second-order valence-corrected chi connectivity index (χ2v) is 9.40. The van der Waals surface area contributed by atoms with Gasteiger partial charge in [0, 0.05) is 31.4 Å². The van der Waals surface area contributed by atoms with E-state index in [1.165, 1.54) is 18.3 Å². The Labute approximate surface area is 228 Å². The highest BCUT2D eigenvalue weighted by Gasteiger charge is 2.47. The Balaban J connectivity index is 1.35. The van der Waals surface area contributed by atoms with Gasteiger partial charge in [-0.2, -0.15) is 0 Å². The number of amides is 2. The Hall–Kier alpha value is -4.72. The molecule has 5 rings (SSSR count). The smallest absolute Gasteiger partial charge is 0.408 e. The minimum atomic E-state index is -1.37. The van der Waals surface area contributed by atoms with E-state index in [1.807, 2.05) is 0 Å². The number of carboxylic acid groups (broad SMARTS) is 3. The first kappa shape index (κ1) is 26.9. The maximum absolute atomic E-state index is 14.2. The number of hydrogen-bond donors (Lipinski definition) is 3. The highest BCUT2D eigenvalue weighted by atomic mass is 35.5. The molecule has 1 saturated heterocycles.